The maximum atomic E-state index is 14.4. The van der Waals surface area contributed by atoms with Crippen molar-refractivity contribution in [2.75, 3.05) is 0 Å². The zero-order chi connectivity index (χ0) is 22.1. The van der Waals surface area contributed by atoms with E-state index in [0.717, 1.165) is 17.2 Å². The highest BCUT2D eigenvalue weighted by Crippen LogP contribution is 2.39. The van der Waals surface area contributed by atoms with Gasteiger partial charge in [-0.1, -0.05) is 30.0 Å². The molecule has 3 aromatic heterocycles. The summed E-state index contributed by atoms with van der Waals surface area (Å²) in [7, 11) is 1.84. The van der Waals surface area contributed by atoms with E-state index < -0.39 is 11.6 Å². The van der Waals surface area contributed by atoms with Crippen LogP contribution in [0.3, 0.4) is 0 Å². The Bertz CT molecular complexity index is 1370. The van der Waals surface area contributed by atoms with Crippen molar-refractivity contribution in [2.24, 2.45) is 7.05 Å². The van der Waals surface area contributed by atoms with Gasteiger partial charge in [-0.2, -0.15) is 0 Å². The van der Waals surface area contributed by atoms with Gasteiger partial charge in [0.15, 0.2) is 5.82 Å². The molecule has 2 aromatic carbocycles. The molecule has 0 aliphatic carbocycles. The summed E-state index contributed by atoms with van der Waals surface area (Å²) in [6.45, 7) is 0. The first-order chi connectivity index (χ1) is 15.6. The highest BCUT2D eigenvalue weighted by molar-refractivity contribution is 7.99. The van der Waals surface area contributed by atoms with Gasteiger partial charge in [-0.3, -0.25) is 4.98 Å². The maximum absolute atomic E-state index is 14.4. The zero-order valence-electron chi connectivity index (χ0n) is 16.7. The van der Waals surface area contributed by atoms with E-state index in [1.54, 1.807) is 6.20 Å². The molecule has 9 heteroatoms. The normalized spacial score (nSPS) is 11.1. The van der Waals surface area contributed by atoms with Crippen molar-refractivity contribution in [2.45, 2.75) is 9.92 Å². The van der Waals surface area contributed by atoms with Crippen LogP contribution in [0, 0.1) is 11.6 Å². The number of hydrogen-bond donors (Lipinski definition) is 0. The van der Waals surface area contributed by atoms with Gasteiger partial charge in [0, 0.05) is 35.3 Å². The van der Waals surface area contributed by atoms with Crippen molar-refractivity contribution in [3.8, 4) is 34.2 Å². The number of aromatic nitrogens is 5. The summed E-state index contributed by atoms with van der Waals surface area (Å²) < 4.78 is 34.9. The maximum Gasteiger partial charge on any atom is 0.247 e. The fraction of sp³-hybridized carbons (Fsp3) is 0.0435. The number of benzene rings is 2. The number of nitrogens with zero attached hydrogens (tertiary/aromatic N) is 5. The van der Waals surface area contributed by atoms with Crippen molar-refractivity contribution in [3.05, 3.63) is 84.9 Å². The van der Waals surface area contributed by atoms with Crippen molar-refractivity contribution >= 4 is 11.8 Å². The molecular weight excluding hydrogens is 432 g/mol. The third-order valence-corrected chi connectivity index (χ3v) is 6.01. The topological polar surface area (TPSA) is 69.6 Å². The predicted molar refractivity (Wildman–Crippen MR) is 116 cm³/mol. The molecular formula is C23H15F2N5OS. The smallest absolute Gasteiger partial charge is 0.247 e. The molecule has 0 saturated carbocycles. The van der Waals surface area contributed by atoms with Gasteiger partial charge in [-0.25, -0.2) is 13.8 Å². The van der Waals surface area contributed by atoms with Gasteiger partial charge in [-0.15, -0.1) is 10.2 Å². The fourth-order valence-corrected chi connectivity index (χ4v) is 4.23. The standard InChI is InChI=1S/C23H15F2N5OS/c1-30-21(18-4-2-3-11-26-18)28-20(23(30)32-19-10-9-16(24)12-17(19)25)14-5-7-15(8-6-14)22-29-27-13-31-22/h2-13H,1H3. The molecule has 0 aliphatic heterocycles. The Morgan fingerprint density at radius 3 is 2.47 bits per heavy atom. The molecule has 0 amide bonds. The van der Waals surface area contributed by atoms with Gasteiger partial charge in [0.1, 0.15) is 28.0 Å². The second-order valence-electron chi connectivity index (χ2n) is 6.86. The summed E-state index contributed by atoms with van der Waals surface area (Å²) in [5.41, 5.74) is 2.92. The average molecular weight is 447 g/mol. The van der Waals surface area contributed by atoms with Gasteiger partial charge in [0.05, 0.1) is 0 Å². The number of imidazole rings is 1. The highest BCUT2D eigenvalue weighted by atomic mass is 32.2. The van der Waals surface area contributed by atoms with Crippen LogP contribution in [-0.2, 0) is 7.05 Å². The molecule has 0 saturated heterocycles. The van der Waals surface area contributed by atoms with Gasteiger partial charge in [0.25, 0.3) is 0 Å². The molecule has 0 fully saturated rings. The van der Waals surface area contributed by atoms with E-state index in [1.807, 2.05) is 54.1 Å². The van der Waals surface area contributed by atoms with Crippen LogP contribution in [0.4, 0.5) is 8.78 Å². The molecule has 3 heterocycles. The minimum Gasteiger partial charge on any atom is -0.423 e. The quantitative estimate of drug-likeness (QED) is 0.348. The summed E-state index contributed by atoms with van der Waals surface area (Å²) in [5.74, 6) is -0.211. The van der Waals surface area contributed by atoms with Gasteiger partial charge < -0.3 is 8.98 Å². The van der Waals surface area contributed by atoms with Crippen LogP contribution in [0.2, 0.25) is 0 Å². The summed E-state index contributed by atoms with van der Waals surface area (Å²) >= 11 is 1.18. The van der Waals surface area contributed by atoms with Gasteiger partial charge >= 0.3 is 0 Å². The second kappa shape index (κ2) is 8.35. The third kappa shape index (κ3) is 3.78. The van der Waals surface area contributed by atoms with Crippen LogP contribution in [0.5, 0.6) is 0 Å². The Hall–Kier alpha value is -3.85. The summed E-state index contributed by atoms with van der Waals surface area (Å²) in [5, 5.41) is 8.31. The van der Waals surface area contributed by atoms with E-state index in [4.69, 9.17) is 9.40 Å². The van der Waals surface area contributed by atoms with E-state index in [-0.39, 0.29) is 0 Å². The number of pyridine rings is 1. The fourth-order valence-electron chi connectivity index (χ4n) is 3.24. The van der Waals surface area contributed by atoms with Gasteiger partial charge in [-0.05, 0) is 36.4 Å². The Kier molecular flexibility index (Phi) is 5.24. The molecule has 0 unspecified atom stereocenters. The average Bonchev–Trinajstić information content (AvgIpc) is 3.45. The van der Waals surface area contributed by atoms with Crippen LogP contribution in [0.1, 0.15) is 0 Å². The first-order valence-corrected chi connectivity index (χ1v) is 10.4. The molecule has 6 nitrogen and oxygen atoms in total. The van der Waals surface area contributed by atoms with Crippen LogP contribution in [-0.4, -0.2) is 24.7 Å². The monoisotopic (exact) mass is 447 g/mol. The van der Waals surface area contributed by atoms with Crippen molar-refractivity contribution < 1.29 is 13.2 Å². The van der Waals surface area contributed by atoms with Crippen molar-refractivity contribution in [1.29, 1.82) is 0 Å². The van der Waals surface area contributed by atoms with E-state index >= 15 is 0 Å². The summed E-state index contributed by atoms with van der Waals surface area (Å²) in [4.78, 5) is 9.51. The molecule has 0 aliphatic rings. The first kappa shape index (κ1) is 20.1. The van der Waals surface area contributed by atoms with Crippen LogP contribution in [0.15, 0.2) is 87.6 Å². The predicted octanol–water partition coefficient (Wildman–Crippen LogP) is 5.63. The number of rotatable bonds is 5. The lowest BCUT2D eigenvalue weighted by Gasteiger charge is -2.08. The molecule has 0 N–H and O–H groups in total. The Morgan fingerprint density at radius 1 is 0.969 bits per heavy atom. The molecule has 0 spiro atoms. The zero-order valence-corrected chi connectivity index (χ0v) is 17.6. The lowest BCUT2D eigenvalue weighted by atomic mass is 10.1. The summed E-state index contributed by atoms with van der Waals surface area (Å²) in [6.07, 6.45) is 2.96. The Balaban J connectivity index is 1.62. The van der Waals surface area contributed by atoms with Crippen LogP contribution >= 0.6 is 11.8 Å². The molecule has 158 valence electrons. The minimum absolute atomic E-state index is 0.297. The lowest BCUT2D eigenvalue weighted by molar-refractivity contribution is 0.565. The minimum atomic E-state index is -0.631. The van der Waals surface area contributed by atoms with E-state index in [1.165, 1.54) is 30.3 Å². The van der Waals surface area contributed by atoms with Crippen LogP contribution in [0.25, 0.3) is 34.2 Å². The molecule has 0 atom stereocenters. The molecule has 32 heavy (non-hydrogen) atoms. The molecule has 0 radical (unpaired) electrons. The third-order valence-electron chi connectivity index (χ3n) is 4.80. The largest absolute Gasteiger partial charge is 0.423 e. The Morgan fingerprint density at radius 2 is 1.78 bits per heavy atom. The number of halogens is 2. The number of hydrogen-bond acceptors (Lipinski definition) is 6. The second-order valence-corrected chi connectivity index (χ2v) is 7.89. The first-order valence-electron chi connectivity index (χ1n) is 9.58. The lowest BCUT2D eigenvalue weighted by Crippen LogP contribution is -1.96. The van der Waals surface area contributed by atoms with Crippen molar-refractivity contribution in [3.63, 3.8) is 0 Å². The van der Waals surface area contributed by atoms with Crippen molar-refractivity contribution in [1.82, 2.24) is 24.7 Å². The van der Waals surface area contributed by atoms with Gasteiger partial charge in [0.2, 0.25) is 12.3 Å². The van der Waals surface area contributed by atoms with Crippen LogP contribution < -0.4 is 0 Å². The van der Waals surface area contributed by atoms with E-state index in [9.17, 15) is 8.78 Å². The SMILES string of the molecule is Cn1c(-c2ccccn2)nc(-c2ccc(-c3nnco3)cc2)c1Sc1ccc(F)cc1F. The molecule has 0 bridgehead atoms. The molecule has 5 rings (SSSR count). The molecule has 5 aromatic rings. The summed E-state index contributed by atoms with van der Waals surface area (Å²) in [6, 6.07) is 16.6. The Labute approximate surface area is 186 Å². The highest BCUT2D eigenvalue weighted by Gasteiger charge is 2.21. The van der Waals surface area contributed by atoms with E-state index in [0.29, 0.717) is 33.0 Å². The van der Waals surface area contributed by atoms with E-state index in [2.05, 4.69) is 15.2 Å².